The molecule has 1 unspecified atom stereocenters. The van der Waals surface area contributed by atoms with E-state index in [1.165, 1.54) is 29.0 Å². The van der Waals surface area contributed by atoms with Crippen molar-refractivity contribution in [1.82, 2.24) is 9.88 Å². The molecule has 0 spiro atoms. The average molecular weight is 344 g/mol. The maximum absolute atomic E-state index is 12.2. The number of likely N-dealkylation sites (N-methyl/N-ethyl adjacent to an activating group) is 1. The number of ketones is 1. The van der Waals surface area contributed by atoms with Gasteiger partial charge < -0.3 is 9.88 Å². The van der Waals surface area contributed by atoms with Crippen LogP contribution in [-0.4, -0.2) is 51.0 Å². The number of piperidine rings is 1. The number of carbonyl (C=O) groups is 1. The monoisotopic (exact) mass is 344 g/mol. The molecule has 2 heterocycles. The SMILES string of the molecule is CC(=O)C[S@@](=O)C[C@@H]1C[C@@H]2c3cccc4[nH]cc(c34)CC2N(C)C1. The Hall–Kier alpha value is -1.46. The lowest BCUT2D eigenvalue weighted by atomic mass is 9.73. The third-order valence-corrected chi connectivity index (χ3v) is 7.17. The number of nitrogens with zero attached hydrogens (tertiary/aromatic N) is 1. The fraction of sp³-hybridized carbons (Fsp3) is 0.526. The van der Waals surface area contributed by atoms with Crippen molar-refractivity contribution < 1.29 is 9.00 Å². The van der Waals surface area contributed by atoms with Gasteiger partial charge in [0.15, 0.2) is 0 Å². The van der Waals surface area contributed by atoms with Crippen molar-refractivity contribution in [2.45, 2.75) is 31.7 Å². The Labute approximate surface area is 145 Å². The number of carbonyl (C=O) groups excluding carboxylic acids is 1. The summed E-state index contributed by atoms with van der Waals surface area (Å²) in [5.41, 5.74) is 4.09. The number of rotatable bonds is 4. The molecule has 1 aliphatic heterocycles. The maximum Gasteiger partial charge on any atom is 0.142 e. The van der Waals surface area contributed by atoms with Gasteiger partial charge in [0, 0.05) is 52.2 Å². The fourth-order valence-corrected chi connectivity index (χ4v) is 6.06. The standard InChI is InChI=1S/C19H24N2O2S/c1-12(22)10-24(23)11-13-6-16-15-4-3-5-17-19(15)14(8-20-17)7-18(16)21(2)9-13/h3-5,8,13,16,18,20H,6-7,9-11H2,1-2H3/t13-,16-,18?,24-/m1/s1. The molecule has 1 aromatic carbocycles. The van der Waals surface area contributed by atoms with Gasteiger partial charge in [0.1, 0.15) is 5.78 Å². The number of fused-ring (bicyclic) bond motifs is 2. The summed E-state index contributed by atoms with van der Waals surface area (Å²) in [4.78, 5) is 17.1. The minimum absolute atomic E-state index is 0.0229. The van der Waals surface area contributed by atoms with E-state index in [2.05, 4.69) is 41.3 Å². The van der Waals surface area contributed by atoms with E-state index in [0.29, 0.717) is 23.6 Å². The van der Waals surface area contributed by atoms with Crippen LogP contribution in [-0.2, 0) is 22.0 Å². The Morgan fingerprint density at radius 2 is 2.25 bits per heavy atom. The molecule has 0 amide bonds. The van der Waals surface area contributed by atoms with Crippen LogP contribution in [0.2, 0.25) is 0 Å². The summed E-state index contributed by atoms with van der Waals surface area (Å²) >= 11 is 0. The van der Waals surface area contributed by atoms with Crippen LogP contribution in [0.25, 0.3) is 10.9 Å². The number of benzene rings is 1. The maximum atomic E-state index is 12.2. The number of aromatic amines is 1. The second-order valence-corrected chi connectivity index (χ2v) is 8.96. The molecular weight excluding hydrogens is 320 g/mol. The van der Waals surface area contributed by atoms with Crippen LogP contribution < -0.4 is 0 Å². The zero-order chi connectivity index (χ0) is 16.8. The minimum Gasteiger partial charge on any atom is -0.361 e. The Balaban J connectivity index is 1.61. The van der Waals surface area contributed by atoms with Crippen molar-refractivity contribution in [1.29, 1.82) is 0 Å². The lowest BCUT2D eigenvalue weighted by Gasteiger charge is -2.45. The van der Waals surface area contributed by atoms with Crippen LogP contribution in [0.1, 0.15) is 30.4 Å². The van der Waals surface area contributed by atoms with E-state index in [-0.39, 0.29) is 11.5 Å². The van der Waals surface area contributed by atoms with Gasteiger partial charge >= 0.3 is 0 Å². The molecule has 0 saturated carbocycles. The third kappa shape index (κ3) is 2.74. The quantitative estimate of drug-likeness (QED) is 0.927. The number of nitrogens with one attached hydrogen (secondary N) is 1. The van der Waals surface area contributed by atoms with Crippen molar-refractivity contribution in [3.63, 3.8) is 0 Å². The highest BCUT2D eigenvalue weighted by molar-refractivity contribution is 7.85. The fourth-order valence-electron chi connectivity index (χ4n) is 4.72. The van der Waals surface area contributed by atoms with E-state index in [1.807, 2.05) is 0 Å². The number of Topliss-reactive ketones (excluding diaryl/α,β-unsaturated/α-hetero) is 1. The largest absolute Gasteiger partial charge is 0.361 e. The van der Waals surface area contributed by atoms with E-state index < -0.39 is 10.8 Å². The lowest BCUT2D eigenvalue weighted by molar-refractivity contribution is -0.114. The van der Waals surface area contributed by atoms with Crippen LogP contribution >= 0.6 is 0 Å². The van der Waals surface area contributed by atoms with Gasteiger partial charge in [-0.1, -0.05) is 12.1 Å². The Kier molecular flexibility index (Phi) is 4.09. The molecule has 1 N–H and O–H groups in total. The number of hydrogen-bond acceptors (Lipinski definition) is 3. The van der Waals surface area contributed by atoms with Gasteiger partial charge in [0.2, 0.25) is 0 Å². The molecule has 2 aromatic rings. The molecule has 4 atom stereocenters. The summed E-state index contributed by atoms with van der Waals surface area (Å²) in [6, 6.07) is 7.07. The van der Waals surface area contributed by atoms with E-state index in [0.717, 1.165) is 19.4 Å². The molecule has 2 aliphatic rings. The highest BCUT2D eigenvalue weighted by Gasteiger charge is 2.39. The molecule has 1 fully saturated rings. The normalized spacial score (nSPS) is 27.8. The van der Waals surface area contributed by atoms with Gasteiger partial charge in [-0.15, -0.1) is 0 Å². The molecule has 1 aromatic heterocycles. The number of hydrogen-bond donors (Lipinski definition) is 1. The number of aromatic nitrogens is 1. The predicted molar refractivity (Wildman–Crippen MR) is 97.8 cm³/mol. The first-order chi connectivity index (χ1) is 11.5. The van der Waals surface area contributed by atoms with Crippen LogP contribution in [0.5, 0.6) is 0 Å². The van der Waals surface area contributed by atoms with E-state index >= 15 is 0 Å². The Morgan fingerprint density at radius 1 is 1.42 bits per heavy atom. The summed E-state index contributed by atoms with van der Waals surface area (Å²) in [6.45, 7) is 2.50. The van der Waals surface area contributed by atoms with E-state index in [1.54, 1.807) is 0 Å². The second kappa shape index (κ2) is 6.12. The Morgan fingerprint density at radius 3 is 3.04 bits per heavy atom. The molecule has 0 bridgehead atoms. The van der Waals surface area contributed by atoms with Gasteiger partial charge in [-0.25, -0.2) is 0 Å². The Bertz CT molecular complexity index is 813. The van der Waals surface area contributed by atoms with Crippen LogP contribution in [0, 0.1) is 5.92 Å². The minimum atomic E-state index is -1.03. The summed E-state index contributed by atoms with van der Waals surface area (Å²) in [5.74, 6) is 1.76. The third-order valence-electron chi connectivity index (χ3n) is 5.60. The average Bonchev–Trinajstić information content (AvgIpc) is 2.92. The van der Waals surface area contributed by atoms with Crippen molar-refractivity contribution >= 4 is 27.5 Å². The highest BCUT2D eigenvalue weighted by atomic mass is 32.2. The summed E-state index contributed by atoms with van der Waals surface area (Å²) in [5, 5.41) is 1.40. The van der Waals surface area contributed by atoms with Crippen LogP contribution in [0.4, 0.5) is 0 Å². The lowest BCUT2D eigenvalue weighted by Crippen LogP contribution is -2.49. The van der Waals surface area contributed by atoms with Crippen molar-refractivity contribution in [3.8, 4) is 0 Å². The van der Waals surface area contributed by atoms with Gasteiger partial charge in [-0.05, 0) is 49.9 Å². The molecule has 1 saturated heterocycles. The van der Waals surface area contributed by atoms with Crippen molar-refractivity contribution in [3.05, 3.63) is 35.5 Å². The molecule has 5 heteroatoms. The molecule has 4 rings (SSSR count). The number of likely N-dealkylation sites (tertiary alicyclic amines) is 1. The van der Waals surface area contributed by atoms with Crippen LogP contribution in [0.3, 0.4) is 0 Å². The topological polar surface area (TPSA) is 53.2 Å². The molecule has 0 radical (unpaired) electrons. The molecule has 1 aliphatic carbocycles. The number of H-pyrrole nitrogens is 1. The summed E-state index contributed by atoms with van der Waals surface area (Å²) in [6.07, 6.45) is 4.32. The first-order valence-electron chi connectivity index (χ1n) is 8.66. The first-order valence-corrected chi connectivity index (χ1v) is 10.1. The summed E-state index contributed by atoms with van der Waals surface area (Å²) < 4.78 is 12.2. The predicted octanol–water partition coefficient (Wildman–Crippen LogP) is 2.47. The van der Waals surface area contributed by atoms with Gasteiger partial charge in [0.05, 0.1) is 5.75 Å². The molecule has 128 valence electrons. The second-order valence-electron chi connectivity index (χ2n) is 7.46. The first kappa shape index (κ1) is 16.0. The van der Waals surface area contributed by atoms with Gasteiger partial charge in [-0.3, -0.25) is 9.00 Å². The molecule has 4 nitrogen and oxygen atoms in total. The van der Waals surface area contributed by atoms with Crippen molar-refractivity contribution in [2.24, 2.45) is 5.92 Å². The zero-order valence-electron chi connectivity index (χ0n) is 14.2. The van der Waals surface area contributed by atoms with Crippen LogP contribution in [0.15, 0.2) is 24.4 Å². The van der Waals surface area contributed by atoms with Crippen molar-refractivity contribution in [2.75, 3.05) is 25.1 Å². The highest BCUT2D eigenvalue weighted by Crippen LogP contribution is 2.44. The summed E-state index contributed by atoms with van der Waals surface area (Å²) in [7, 11) is 1.16. The smallest absolute Gasteiger partial charge is 0.142 e. The van der Waals surface area contributed by atoms with Gasteiger partial charge in [-0.2, -0.15) is 0 Å². The van der Waals surface area contributed by atoms with Gasteiger partial charge in [0.25, 0.3) is 0 Å². The zero-order valence-corrected chi connectivity index (χ0v) is 15.1. The molecular formula is C19H24N2O2S. The van der Waals surface area contributed by atoms with E-state index in [4.69, 9.17) is 0 Å². The van der Waals surface area contributed by atoms with E-state index in [9.17, 15) is 9.00 Å². The molecule has 24 heavy (non-hydrogen) atoms.